The highest BCUT2D eigenvalue weighted by Gasteiger charge is 2.31. The Morgan fingerprint density at radius 2 is 2.11 bits per heavy atom. The molecule has 2 N–H and O–H groups in total. The van der Waals surface area contributed by atoms with Crippen LogP contribution in [0.4, 0.5) is 13.2 Å². The molecule has 1 rings (SSSR count). The topological polar surface area (TPSA) is 38.5 Å². The molecule has 3 nitrogen and oxygen atoms in total. The van der Waals surface area contributed by atoms with Crippen molar-refractivity contribution in [3.8, 4) is 0 Å². The Balaban J connectivity index is 2.40. The summed E-state index contributed by atoms with van der Waals surface area (Å²) in [5.74, 6) is 0. The van der Waals surface area contributed by atoms with Gasteiger partial charge in [0.25, 0.3) is 0 Å². The fraction of sp³-hybridized carbons (Fsp3) is 1.00. The molecule has 1 fully saturated rings. The van der Waals surface area contributed by atoms with Gasteiger partial charge < -0.3 is 10.5 Å². The minimum absolute atomic E-state index is 0.147. The lowest BCUT2D eigenvalue weighted by Crippen LogP contribution is -2.52. The quantitative estimate of drug-likeness (QED) is 0.813. The molecule has 3 unspecified atom stereocenters. The minimum Gasteiger partial charge on any atom is -0.381 e. The van der Waals surface area contributed by atoms with E-state index in [1.807, 2.05) is 6.92 Å². The molecule has 0 aromatic heterocycles. The van der Waals surface area contributed by atoms with Crippen molar-refractivity contribution in [2.75, 3.05) is 20.2 Å². The summed E-state index contributed by atoms with van der Waals surface area (Å²) < 4.78 is 41.8. The molecule has 0 bridgehead atoms. The molecule has 0 saturated carbocycles. The van der Waals surface area contributed by atoms with Gasteiger partial charge in [-0.3, -0.25) is 4.90 Å². The van der Waals surface area contributed by atoms with E-state index in [4.69, 9.17) is 10.5 Å². The predicted molar refractivity (Wildman–Crippen MR) is 68.9 cm³/mol. The Morgan fingerprint density at radius 3 is 2.63 bits per heavy atom. The summed E-state index contributed by atoms with van der Waals surface area (Å²) >= 11 is 0. The standard InChI is InChI=1S/C13H25F3N2O/c1-10(4-3-6-13(14,15)16)18-7-5-12(19-2)8-11(18)9-17/h10-12H,3-9,17H2,1-2H3. The van der Waals surface area contributed by atoms with E-state index >= 15 is 0 Å². The number of ether oxygens (including phenoxy) is 1. The van der Waals surface area contributed by atoms with Crippen LogP contribution in [0.5, 0.6) is 0 Å². The first-order chi connectivity index (χ1) is 8.87. The van der Waals surface area contributed by atoms with Crippen molar-refractivity contribution in [3.63, 3.8) is 0 Å². The van der Waals surface area contributed by atoms with E-state index in [9.17, 15) is 13.2 Å². The number of hydrogen-bond donors (Lipinski definition) is 1. The van der Waals surface area contributed by atoms with Gasteiger partial charge in [-0.15, -0.1) is 0 Å². The fourth-order valence-corrected chi connectivity index (χ4v) is 2.82. The van der Waals surface area contributed by atoms with Gasteiger partial charge in [-0.1, -0.05) is 0 Å². The van der Waals surface area contributed by atoms with E-state index in [1.165, 1.54) is 0 Å². The number of hydrogen-bond acceptors (Lipinski definition) is 3. The van der Waals surface area contributed by atoms with E-state index < -0.39 is 12.6 Å². The van der Waals surface area contributed by atoms with E-state index in [1.54, 1.807) is 7.11 Å². The zero-order valence-electron chi connectivity index (χ0n) is 11.7. The summed E-state index contributed by atoms with van der Waals surface area (Å²) in [6, 6.07) is 0.369. The zero-order chi connectivity index (χ0) is 14.5. The summed E-state index contributed by atoms with van der Waals surface area (Å²) in [5.41, 5.74) is 5.77. The molecule has 114 valence electrons. The maximum Gasteiger partial charge on any atom is 0.389 e. The van der Waals surface area contributed by atoms with Gasteiger partial charge >= 0.3 is 6.18 Å². The molecule has 1 saturated heterocycles. The first kappa shape index (κ1) is 16.7. The molecule has 0 aromatic rings. The molecule has 0 amide bonds. The molecule has 6 heteroatoms. The van der Waals surface area contributed by atoms with Gasteiger partial charge in [0.2, 0.25) is 0 Å². The third kappa shape index (κ3) is 5.67. The lowest BCUT2D eigenvalue weighted by Gasteiger charge is -2.42. The number of halogens is 3. The second-order valence-electron chi connectivity index (χ2n) is 5.37. The van der Waals surface area contributed by atoms with Crippen molar-refractivity contribution in [2.45, 2.75) is 63.4 Å². The van der Waals surface area contributed by atoms with Gasteiger partial charge in [-0.05, 0) is 32.6 Å². The largest absolute Gasteiger partial charge is 0.389 e. The summed E-state index contributed by atoms with van der Waals surface area (Å²) in [6.07, 6.45) is -1.96. The van der Waals surface area contributed by atoms with Crippen molar-refractivity contribution >= 4 is 0 Å². The second-order valence-corrected chi connectivity index (χ2v) is 5.37. The number of nitrogens with zero attached hydrogens (tertiary/aromatic N) is 1. The Morgan fingerprint density at radius 1 is 1.42 bits per heavy atom. The highest BCUT2D eigenvalue weighted by atomic mass is 19.4. The Kier molecular flexibility index (Phi) is 6.56. The third-order valence-corrected chi connectivity index (χ3v) is 3.97. The smallest absolute Gasteiger partial charge is 0.381 e. The molecule has 19 heavy (non-hydrogen) atoms. The van der Waals surface area contributed by atoms with Crippen LogP contribution in [0.2, 0.25) is 0 Å². The average Bonchev–Trinajstić information content (AvgIpc) is 2.36. The van der Waals surface area contributed by atoms with E-state index in [-0.39, 0.29) is 24.6 Å². The number of nitrogens with two attached hydrogens (primary N) is 1. The van der Waals surface area contributed by atoms with Crippen molar-refractivity contribution in [1.29, 1.82) is 0 Å². The number of alkyl halides is 3. The van der Waals surface area contributed by atoms with Gasteiger partial charge in [0.15, 0.2) is 0 Å². The van der Waals surface area contributed by atoms with Gasteiger partial charge in [0.05, 0.1) is 6.10 Å². The van der Waals surface area contributed by atoms with Gasteiger partial charge in [-0.2, -0.15) is 13.2 Å². The molecular weight excluding hydrogens is 257 g/mol. The molecule has 0 radical (unpaired) electrons. The van der Waals surface area contributed by atoms with Gasteiger partial charge in [-0.25, -0.2) is 0 Å². The summed E-state index contributed by atoms with van der Waals surface area (Å²) in [5, 5.41) is 0. The number of piperidine rings is 1. The lowest BCUT2D eigenvalue weighted by molar-refractivity contribution is -0.136. The Hall–Kier alpha value is -0.330. The van der Waals surface area contributed by atoms with Crippen LogP contribution in [0.25, 0.3) is 0 Å². The van der Waals surface area contributed by atoms with E-state index in [0.29, 0.717) is 13.0 Å². The van der Waals surface area contributed by atoms with Crippen molar-refractivity contribution in [2.24, 2.45) is 5.73 Å². The van der Waals surface area contributed by atoms with E-state index in [2.05, 4.69) is 4.90 Å². The molecule has 0 aromatic carbocycles. The zero-order valence-corrected chi connectivity index (χ0v) is 11.7. The lowest BCUT2D eigenvalue weighted by atomic mass is 9.96. The van der Waals surface area contributed by atoms with Gasteiger partial charge in [0.1, 0.15) is 0 Å². The number of methoxy groups -OCH3 is 1. The molecule has 0 aliphatic carbocycles. The molecule has 1 heterocycles. The van der Waals surface area contributed by atoms with Gasteiger partial charge in [0, 0.05) is 38.7 Å². The highest BCUT2D eigenvalue weighted by molar-refractivity contribution is 4.86. The summed E-state index contributed by atoms with van der Waals surface area (Å²) in [6.45, 7) is 3.38. The number of likely N-dealkylation sites (tertiary alicyclic amines) is 1. The predicted octanol–water partition coefficient (Wildman–Crippen LogP) is 2.55. The van der Waals surface area contributed by atoms with Crippen LogP contribution in [0.1, 0.15) is 39.0 Å². The SMILES string of the molecule is COC1CCN(C(C)CCCC(F)(F)F)C(CN)C1. The Bertz CT molecular complexity index is 261. The number of rotatable bonds is 6. The normalized spacial score (nSPS) is 27.5. The monoisotopic (exact) mass is 282 g/mol. The van der Waals surface area contributed by atoms with Crippen LogP contribution in [0.3, 0.4) is 0 Å². The first-order valence-electron chi connectivity index (χ1n) is 6.92. The molecule has 1 aliphatic heterocycles. The minimum atomic E-state index is -4.05. The third-order valence-electron chi connectivity index (χ3n) is 3.97. The molecule has 1 aliphatic rings. The first-order valence-corrected chi connectivity index (χ1v) is 6.92. The van der Waals surface area contributed by atoms with Crippen LogP contribution in [0.15, 0.2) is 0 Å². The molecule has 0 spiro atoms. The van der Waals surface area contributed by atoms with Crippen LogP contribution in [-0.4, -0.2) is 49.5 Å². The van der Waals surface area contributed by atoms with Crippen LogP contribution >= 0.6 is 0 Å². The van der Waals surface area contributed by atoms with Crippen LogP contribution in [0, 0.1) is 0 Å². The average molecular weight is 282 g/mol. The molecular formula is C13H25F3N2O. The maximum atomic E-state index is 12.1. The second kappa shape index (κ2) is 7.45. The van der Waals surface area contributed by atoms with Crippen molar-refractivity contribution in [1.82, 2.24) is 4.90 Å². The van der Waals surface area contributed by atoms with Crippen molar-refractivity contribution in [3.05, 3.63) is 0 Å². The van der Waals surface area contributed by atoms with Crippen LogP contribution in [-0.2, 0) is 4.74 Å². The van der Waals surface area contributed by atoms with Crippen LogP contribution < -0.4 is 5.73 Å². The maximum absolute atomic E-state index is 12.1. The molecule has 3 atom stereocenters. The summed E-state index contributed by atoms with van der Waals surface area (Å²) in [4.78, 5) is 2.24. The highest BCUT2D eigenvalue weighted by Crippen LogP contribution is 2.26. The fourth-order valence-electron chi connectivity index (χ4n) is 2.82. The van der Waals surface area contributed by atoms with Crippen molar-refractivity contribution < 1.29 is 17.9 Å². The Labute approximate surface area is 113 Å². The van der Waals surface area contributed by atoms with E-state index in [0.717, 1.165) is 19.4 Å². The summed E-state index contributed by atoms with van der Waals surface area (Å²) in [7, 11) is 1.70.